The smallest absolute Gasteiger partial charge is 0.466 e. The summed E-state index contributed by atoms with van der Waals surface area (Å²) in [5.74, 6) is -0.725. The molecule has 3 nitrogen and oxygen atoms in total. The first-order valence-corrected chi connectivity index (χ1v) is 6.59. The molecule has 0 saturated heterocycles. The van der Waals surface area contributed by atoms with Crippen LogP contribution < -0.4 is 4.74 Å². The van der Waals surface area contributed by atoms with Crippen molar-refractivity contribution in [3.63, 3.8) is 0 Å². The molecule has 0 aliphatic heterocycles. The maximum Gasteiger partial charge on any atom is 0.573 e. The highest BCUT2D eigenvalue weighted by molar-refractivity contribution is 14.1. The minimum Gasteiger partial charge on any atom is -0.466 e. The monoisotopic (exact) mass is 388 g/mol. The number of carbonyl (C=O) groups is 1. The van der Waals surface area contributed by atoms with Gasteiger partial charge in [0.1, 0.15) is 5.75 Å². The van der Waals surface area contributed by atoms with Crippen molar-refractivity contribution in [1.82, 2.24) is 0 Å². The molecule has 106 valence electrons. The summed E-state index contributed by atoms with van der Waals surface area (Å²) in [6.07, 6.45) is -4.59. The lowest BCUT2D eigenvalue weighted by Gasteiger charge is -2.13. The van der Waals surface area contributed by atoms with E-state index < -0.39 is 12.3 Å². The van der Waals surface area contributed by atoms with Gasteiger partial charge in [-0.3, -0.25) is 4.79 Å². The van der Waals surface area contributed by atoms with Crippen molar-refractivity contribution in [2.24, 2.45) is 0 Å². The summed E-state index contributed by atoms with van der Waals surface area (Å²) in [4.78, 5) is 11.2. The second-order valence-corrected chi connectivity index (χ2v) is 4.85. The van der Waals surface area contributed by atoms with Gasteiger partial charge in [0.15, 0.2) is 0 Å². The first kappa shape index (κ1) is 16.1. The second kappa shape index (κ2) is 6.97. The van der Waals surface area contributed by atoms with Crippen molar-refractivity contribution in [2.45, 2.75) is 26.1 Å². The first-order valence-electron chi connectivity index (χ1n) is 5.51. The third-order valence-corrected chi connectivity index (χ3v) is 2.82. The Bertz CT molecular complexity index is 446. The van der Waals surface area contributed by atoms with Crippen LogP contribution in [0.3, 0.4) is 0 Å². The molecule has 0 N–H and O–H groups in total. The van der Waals surface area contributed by atoms with E-state index in [2.05, 4.69) is 4.74 Å². The molecule has 1 aromatic carbocycles. The molecule has 0 bridgehead atoms. The summed E-state index contributed by atoms with van der Waals surface area (Å²) in [5.41, 5.74) is 0.331. The molecule has 0 amide bonds. The number of carbonyl (C=O) groups excluding carboxylic acids is 1. The van der Waals surface area contributed by atoms with Gasteiger partial charge in [-0.1, -0.05) is 0 Å². The second-order valence-electron chi connectivity index (χ2n) is 3.60. The van der Waals surface area contributed by atoms with Crippen LogP contribution in [0.2, 0.25) is 0 Å². The molecule has 0 radical (unpaired) electrons. The summed E-state index contributed by atoms with van der Waals surface area (Å²) in [7, 11) is 0. The molecule has 1 rings (SSSR count). The fourth-order valence-electron chi connectivity index (χ4n) is 1.44. The lowest BCUT2D eigenvalue weighted by Crippen LogP contribution is -2.18. The van der Waals surface area contributed by atoms with Gasteiger partial charge in [-0.25, -0.2) is 0 Å². The van der Waals surface area contributed by atoms with Crippen molar-refractivity contribution in [3.8, 4) is 5.75 Å². The van der Waals surface area contributed by atoms with E-state index in [1.54, 1.807) is 13.0 Å². The van der Waals surface area contributed by atoms with Gasteiger partial charge < -0.3 is 9.47 Å². The van der Waals surface area contributed by atoms with Crippen LogP contribution in [0.25, 0.3) is 0 Å². The lowest BCUT2D eigenvalue weighted by molar-refractivity contribution is -0.274. The molecule has 0 atom stereocenters. The predicted molar refractivity (Wildman–Crippen MR) is 70.8 cm³/mol. The Labute approximate surface area is 122 Å². The Kier molecular flexibility index (Phi) is 5.89. The van der Waals surface area contributed by atoms with Crippen LogP contribution in [0, 0.1) is 3.57 Å². The van der Waals surface area contributed by atoms with E-state index in [0.717, 1.165) is 3.57 Å². The molecule has 0 aliphatic rings. The van der Waals surface area contributed by atoms with Crippen LogP contribution in [0.4, 0.5) is 13.2 Å². The number of benzene rings is 1. The van der Waals surface area contributed by atoms with Crippen LogP contribution in [0.1, 0.15) is 18.9 Å². The maximum absolute atomic E-state index is 12.2. The summed E-state index contributed by atoms with van der Waals surface area (Å²) in [6, 6.07) is 4.31. The molecule has 0 fully saturated rings. The van der Waals surface area contributed by atoms with Crippen LogP contribution in [0.5, 0.6) is 5.75 Å². The number of ether oxygens (including phenoxy) is 2. The highest BCUT2D eigenvalue weighted by Crippen LogP contribution is 2.28. The highest BCUT2D eigenvalue weighted by atomic mass is 127. The molecule has 0 aliphatic carbocycles. The lowest BCUT2D eigenvalue weighted by atomic mass is 10.1. The summed E-state index contributed by atoms with van der Waals surface area (Å²) in [6.45, 7) is 1.92. The summed E-state index contributed by atoms with van der Waals surface area (Å²) >= 11 is 1.98. The van der Waals surface area contributed by atoms with E-state index in [0.29, 0.717) is 5.56 Å². The quantitative estimate of drug-likeness (QED) is 0.570. The van der Waals surface area contributed by atoms with Gasteiger partial charge in [0.25, 0.3) is 0 Å². The topological polar surface area (TPSA) is 35.5 Å². The number of hydrogen-bond donors (Lipinski definition) is 0. The normalized spacial score (nSPS) is 11.2. The number of esters is 1. The van der Waals surface area contributed by atoms with Crippen molar-refractivity contribution in [2.75, 3.05) is 6.61 Å². The molecule has 7 heteroatoms. The molecule has 0 unspecified atom stereocenters. The van der Waals surface area contributed by atoms with Crippen LogP contribution in [-0.4, -0.2) is 18.9 Å². The van der Waals surface area contributed by atoms with E-state index in [1.165, 1.54) is 12.1 Å². The summed E-state index contributed by atoms with van der Waals surface area (Å²) in [5, 5.41) is 0. The molecule has 19 heavy (non-hydrogen) atoms. The van der Waals surface area contributed by atoms with Crippen molar-refractivity contribution in [3.05, 3.63) is 27.3 Å². The van der Waals surface area contributed by atoms with Crippen LogP contribution in [-0.2, 0) is 16.0 Å². The molecular weight excluding hydrogens is 376 g/mol. The van der Waals surface area contributed by atoms with Gasteiger partial charge >= 0.3 is 12.3 Å². The largest absolute Gasteiger partial charge is 0.573 e. The third kappa shape index (κ3) is 6.13. The SMILES string of the molecule is CCOC(=O)CCc1cc(I)ccc1OC(F)(F)F. The average molecular weight is 388 g/mol. The molecule has 0 saturated carbocycles. The van der Waals surface area contributed by atoms with Gasteiger partial charge in [-0.2, -0.15) is 0 Å². The van der Waals surface area contributed by atoms with Crippen LogP contribution >= 0.6 is 22.6 Å². The van der Waals surface area contributed by atoms with Gasteiger partial charge in [0.2, 0.25) is 0 Å². The molecule has 0 heterocycles. The van der Waals surface area contributed by atoms with Crippen molar-refractivity contribution >= 4 is 28.6 Å². The van der Waals surface area contributed by atoms with E-state index in [4.69, 9.17) is 4.74 Å². The Morgan fingerprint density at radius 2 is 2.05 bits per heavy atom. The third-order valence-electron chi connectivity index (χ3n) is 2.15. The van der Waals surface area contributed by atoms with Crippen molar-refractivity contribution < 1.29 is 27.4 Å². The Hall–Kier alpha value is -0.990. The first-order chi connectivity index (χ1) is 8.81. The fourth-order valence-corrected chi connectivity index (χ4v) is 1.99. The number of halogens is 4. The summed E-state index contributed by atoms with van der Waals surface area (Å²) < 4.78 is 46.1. The number of hydrogen-bond acceptors (Lipinski definition) is 3. The van der Waals surface area contributed by atoms with Gasteiger partial charge in [-0.15, -0.1) is 13.2 Å². The van der Waals surface area contributed by atoms with E-state index in [1.807, 2.05) is 22.6 Å². The van der Waals surface area contributed by atoms with Gasteiger partial charge in [0, 0.05) is 9.99 Å². The number of aryl methyl sites for hydroxylation is 1. The van der Waals surface area contributed by atoms with E-state index >= 15 is 0 Å². The average Bonchev–Trinajstić information content (AvgIpc) is 2.28. The number of rotatable bonds is 5. The minimum atomic E-state index is -4.74. The molecule has 1 aromatic rings. The molecule has 0 aromatic heterocycles. The maximum atomic E-state index is 12.2. The van der Waals surface area contributed by atoms with Gasteiger partial charge in [-0.05, 0) is 59.7 Å². The zero-order valence-electron chi connectivity index (χ0n) is 10.1. The Morgan fingerprint density at radius 3 is 2.63 bits per heavy atom. The minimum absolute atomic E-state index is 0.0160. The van der Waals surface area contributed by atoms with Crippen molar-refractivity contribution in [1.29, 1.82) is 0 Å². The molecular formula is C12H12F3IO3. The zero-order valence-corrected chi connectivity index (χ0v) is 12.2. The molecule has 0 spiro atoms. The van der Waals surface area contributed by atoms with Crippen LogP contribution in [0.15, 0.2) is 18.2 Å². The zero-order chi connectivity index (χ0) is 14.5. The Balaban J connectivity index is 2.79. The Morgan fingerprint density at radius 1 is 1.37 bits per heavy atom. The highest BCUT2D eigenvalue weighted by Gasteiger charge is 2.32. The van der Waals surface area contributed by atoms with E-state index in [-0.39, 0.29) is 25.2 Å². The standard InChI is InChI=1S/C12H12F3IO3/c1-2-18-11(17)6-3-8-7-9(16)4-5-10(8)19-12(13,14)15/h4-5,7H,2-3,6H2,1H3. The van der Waals surface area contributed by atoms with E-state index in [9.17, 15) is 18.0 Å². The van der Waals surface area contributed by atoms with Gasteiger partial charge in [0.05, 0.1) is 6.61 Å². The predicted octanol–water partition coefficient (Wildman–Crippen LogP) is 3.69. The number of alkyl halides is 3. The fraction of sp³-hybridized carbons (Fsp3) is 0.417.